The van der Waals surface area contributed by atoms with Gasteiger partial charge in [-0.15, -0.1) is 0 Å². The first-order valence-corrected chi connectivity index (χ1v) is 3.83. The molecule has 0 aromatic heterocycles. The van der Waals surface area contributed by atoms with Crippen molar-refractivity contribution in [3.8, 4) is 6.07 Å². The quantitative estimate of drug-likeness (QED) is 0.202. The Morgan fingerprint density at radius 3 is 2.90 bits per heavy atom. The Labute approximate surface area is 64.3 Å². The van der Waals surface area contributed by atoms with E-state index >= 15 is 0 Å². The second kappa shape index (κ2) is 6.23. The van der Waals surface area contributed by atoms with Crippen LogP contribution in [0.25, 0.3) is 0 Å². The van der Waals surface area contributed by atoms with Crippen molar-refractivity contribution >= 4 is 16.9 Å². The molecule has 0 bridgehead atoms. The molecule has 0 fully saturated rings. The SMILES string of the molecule is N#CCCCSC(N)=NN. The van der Waals surface area contributed by atoms with Crippen LogP contribution in [-0.4, -0.2) is 10.9 Å². The second-order valence-corrected chi connectivity index (χ2v) is 2.69. The second-order valence-electron chi connectivity index (χ2n) is 1.58. The van der Waals surface area contributed by atoms with Gasteiger partial charge in [-0.2, -0.15) is 10.4 Å². The molecule has 0 spiro atoms. The van der Waals surface area contributed by atoms with Gasteiger partial charge in [-0.1, -0.05) is 11.8 Å². The highest BCUT2D eigenvalue weighted by Gasteiger charge is 1.91. The number of amidine groups is 1. The summed E-state index contributed by atoms with van der Waals surface area (Å²) in [6.07, 6.45) is 1.39. The van der Waals surface area contributed by atoms with Gasteiger partial charge in [-0.05, 0) is 6.42 Å². The number of nitrogens with zero attached hydrogens (tertiary/aromatic N) is 2. The molecule has 10 heavy (non-hydrogen) atoms. The molecule has 0 amide bonds. The molecule has 0 heterocycles. The van der Waals surface area contributed by atoms with Crippen molar-refractivity contribution in [2.24, 2.45) is 16.7 Å². The maximum absolute atomic E-state index is 8.14. The Hall–Kier alpha value is -0.890. The number of hydrogen-bond donors (Lipinski definition) is 2. The zero-order valence-corrected chi connectivity index (χ0v) is 6.40. The summed E-state index contributed by atoms with van der Waals surface area (Å²) in [5.41, 5.74) is 5.26. The van der Waals surface area contributed by atoms with Crippen LogP contribution in [0.4, 0.5) is 0 Å². The highest BCUT2D eigenvalue weighted by Crippen LogP contribution is 2.02. The summed E-state index contributed by atoms with van der Waals surface area (Å²) in [7, 11) is 0. The predicted molar refractivity (Wildman–Crippen MR) is 43.1 cm³/mol. The minimum Gasteiger partial charge on any atom is -0.377 e. The summed E-state index contributed by atoms with van der Waals surface area (Å²) >= 11 is 1.37. The van der Waals surface area contributed by atoms with Gasteiger partial charge in [-0.3, -0.25) is 0 Å². The minimum absolute atomic E-state index is 0.373. The highest BCUT2D eigenvalue weighted by atomic mass is 32.2. The fraction of sp³-hybridized carbons (Fsp3) is 0.600. The molecule has 0 radical (unpaired) electrons. The summed E-state index contributed by atoms with van der Waals surface area (Å²) in [4.78, 5) is 0. The first kappa shape index (κ1) is 9.11. The molecule has 0 aromatic rings. The monoisotopic (exact) mass is 158 g/mol. The number of unbranched alkanes of at least 4 members (excludes halogenated alkanes) is 1. The van der Waals surface area contributed by atoms with E-state index in [1.54, 1.807) is 0 Å². The lowest BCUT2D eigenvalue weighted by atomic mass is 10.4. The lowest BCUT2D eigenvalue weighted by molar-refractivity contribution is 0.984. The van der Waals surface area contributed by atoms with Crippen LogP contribution in [-0.2, 0) is 0 Å². The van der Waals surface area contributed by atoms with E-state index in [-0.39, 0.29) is 0 Å². The van der Waals surface area contributed by atoms with Gasteiger partial charge in [0.05, 0.1) is 6.07 Å². The third-order valence-corrected chi connectivity index (χ3v) is 1.70. The molecule has 0 atom stereocenters. The molecule has 4 nitrogen and oxygen atoms in total. The highest BCUT2D eigenvalue weighted by molar-refractivity contribution is 8.13. The number of rotatable bonds is 3. The van der Waals surface area contributed by atoms with Gasteiger partial charge in [0.1, 0.15) is 0 Å². The van der Waals surface area contributed by atoms with E-state index in [1.165, 1.54) is 11.8 Å². The van der Waals surface area contributed by atoms with Crippen LogP contribution in [0.5, 0.6) is 0 Å². The fourth-order valence-electron chi connectivity index (χ4n) is 0.365. The van der Waals surface area contributed by atoms with Crippen molar-refractivity contribution < 1.29 is 0 Å². The third kappa shape index (κ3) is 5.25. The van der Waals surface area contributed by atoms with Crippen LogP contribution < -0.4 is 11.6 Å². The van der Waals surface area contributed by atoms with Gasteiger partial charge in [0.15, 0.2) is 5.17 Å². The van der Waals surface area contributed by atoms with E-state index in [0.29, 0.717) is 11.6 Å². The Kier molecular flexibility index (Phi) is 5.68. The summed E-state index contributed by atoms with van der Waals surface area (Å²) in [5, 5.41) is 11.8. The van der Waals surface area contributed by atoms with Crippen molar-refractivity contribution in [1.82, 2.24) is 0 Å². The van der Waals surface area contributed by atoms with Crippen LogP contribution in [0.15, 0.2) is 5.10 Å². The zero-order valence-electron chi connectivity index (χ0n) is 5.58. The molecule has 4 N–H and O–H groups in total. The average Bonchev–Trinajstić information content (AvgIpc) is 1.98. The number of hydrogen-bond acceptors (Lipinski definition) is 4. The van der Waals surface area contributed by atoms with E-state index in [4.69, 9.17) is 16.8 Å². The third-order valence-electron chi connectivity index (χ3n) is 0.810. The zero-order chi connectivity index (χ0) is 7.82. The number of thioether (sulfide) groups is 1. The Balaban J connectivity index is 3.14. The van der Waals surface area contributed by atoms with Crippen LogP contribution in [0.1, 0.15) is 12.8 Å². The van der Waals surface area contributed by atoms with Gasteiger partial charge < -0.3 is 11.6 Å². The molecule has 0 saturated heterocycles. The minimum atomic E-state index is 0.373. The lowest BCUT2D eigenvalue weighted by Gasteiger charge is -1.94. The van der Waals surface area contributed by atoms with E-state index < -0.39 is 0 Å². The van der Waals surface area contributed by atoms with Crippen molar-refractivity contribution in [3.05, 3.63) is 0 Å². The number of nitriles is 1. The van der Waals surface area contributed by atoms with Crippen molar-refractivity contribution in [1.29, 1.82) is 5.26 Å². The predicted octanol–water partition coefficient (Wildman–Crippen LogP) is 0.212. The smallest absolute Gasteiger partial charge is 0.177 e. The van der Waals surface area contributed by atoms with Gasteiger partial charge >= 0.3 is 0 Å². The molecule has 0 aliphatic heterocycles. The summed E-state index contributed by atoms with van der Waals surface area (Å²) in [5.74, 6) is 5.67. The van der Waals surface area contributed by atoms with Crippen LogP contribution in [0.2, 0.25) is 0 Å². The maximum atomic E-state index is 8.14. The van der Waals surface area contributed by atoms with Crippen molar-refractivity contribution in [3.63, 3.8) is 0 Å². The standard InChI is InChI=1S/C5H10N4S/c6-3-1-2-4-10-5(7)9-8/h1-2,4,8H2,(H2,7,9). The molecule has 0 saturated carbocycles. The molecule has 0 unspecified atom stereocenters. The topological polar surface area (TPSA) is 88.2 Å². The first-order chi connectivity index (χ1) is 4.81. The molecular weight excluding hydrogens is 148 g/mol. The number of nitrogens with two attached hydrogens (primary N) is 2. The van der Waals surface area contributed by atoms with E-state index in [0.717, 1.165) is 12.2 Å². The van der Waals surface area contributed by atoms with Crippen molar-refractivity contribution in [2.45, 2.75) is 12.8 Å². The number of hydrazone groups is 1. The Morgan fingerprint density at radius 2 is 2.40 bits per heavy atom. The largest absolute Gasteiger partial charge is 0.377 e. The summed E-state index contributed by atoms with van der Waals surface area (Å²) in [6, 6.07) is 2.03. The van der Waals surface area contributed by atoms with Crippen LogP contribution >= 0.6 is 11.8 Å². The normalized spacial score (nSPS) is 10.9. The molecule has 56 valence electrons. The molecule has 5 heteroatoms. The molecular formula is C5H10N4S. The molecule has 0 aliphatic carbocycles. The first-order valence-electron chi connectivity index (χ1n) is 2.84. The van der Waals surface area contributed by atoms with Gasteiger partial charge in [0.25, 0.3) is 0 Å². The molecule has 0 aromatic carbocycles. The van der Waals surface area contributed by atoms with Crippen molar-refractivity contribution in [2.75, 3.05) is 5.75 Å². The van der Waals surface area contributed by atoms with E-state index in [9.17, 15) is 0 Å². The van der Waals surface area contributed by atoms with Gasteiger partial charge in [0.2, 0.25) is 0 Å². The summed E-state index contributed by atoms with van der Waals surface area (Å²) in [6.45, 7) is 0. The Morgan fingerprint density at radius 1 is 1.70 bits per heavy atom. The van der Waals surface area contributed by atoms with Crippen LogP contribution in [0, 0.1) is 11.3 Å². The van der Waals surface area contributed by atoms with Crippen LogP contribution in [0.3, 0.4) is 0 Å². The average molecular weight is 158 g/mol. The van der Waals surface area contributed by atoms with E-state index in [2.05, 4.69) is 5.10 Å². The maximum Gasteiger partial charge on any atom is 0.177 e. The molecule has 0 aliphatic rings. The van der Waals surface area contributed by atoms with Gasteiger partial charge in [-0.25, -0.2) is 0 Å². The van der Waals surface area contributed by atoms with E-state index in [1.807, 2.05) is 6.07 Å². The molecule has 0 rings (SSSR count). The van der Waals surface area contributed by atoms with Gasteiger partial charge in [0, 0.05) is 12.2 Å². The summed E-state index contributed by atoms with van der Waals surface area (Å²) < 4.78 is 0. The fourth-order valence-corrected chi connectivity index (χ4v) is 0.938. The lowest BCUT2D eigenvalue weighted by Crippen LogP contribution is -2.09. The Bertz CT molecular complexity index is 148.